The van der Waals surface area contributed by atoms with Crippen molar-refractivity contribution in [3.05, 3.63) is 0 Å². The third kappa shape index (κ3) is 6.10. The van der Waals surface area contributed by atoms with Crippen LogP contribution in [0.5, 0.6) is 0 Å². The number of nitrogens with zero attached hydrogens (tertiary/aromatic N) is 1. The first-order valence-corrected chi connectivity index (χ1v) is 9.52. The maximum atomic E-state index is 12.8. The molecule has 0 amide bonds. The molecule has 0 spiro atoms. The summed E-state index contributed by atoms with van der Waals surface area (Å²) in [5, 5.41) is 2.85. The summed E-state index contributed by atoms with van der Waals surface area (Å²) in [6.45, 7) is 14.2. The minimum absolute atomic E-state index is 0.121. The number of rotatable bonds is 11. The summed E-state index contributed by atoms with van der Waals surface area (Å²) in [5.41, 5.74) is 0. The molecule has 0 saturated carbocycles. The van der Waals surface area contributed by atoms with Crippen LogP contribution in [0.25, 0.3) is 0 Å². The van der Waals surface area contributed by atoms with Crippen molar-refractivity contribution >= 4 is 10.0 Å². The molecule has 1 unspecified atom stereocenters. The SMILES string of the molecule is CCCNCC(C)S(=O)(=O)N(CC(C)C)C(CC)CC. The molecule has 0 aliphatic rings. The largest absolute Gasteiger partial charge is 0.315 e. The zero-order chi connectivity index (χ0) is 15.8. The third-order valence-electron chi connectivity index (χ3n) is 3.59. The van der Waals surface area contributed by atoms with Crippen LogP contribution in [0.3, 0.4) is 0 Å². The number of nitrogens with one attached hydrogen (secondary N) is 1. The van der Waals surface area contributed by atoms with Gasteiger partial charge in [-0.2, -0.15) is 4.31 Å². The van der Waals surface area contributed by atoms with Crippen LogP contribution in [-0.2, 0) is 10.0 Å². The highest BCUT2D eigenvalue weighted by atomic mass is 32.2. The molecule has 1 N–H and O–H groups in total. The molecule has 0 rings (SSSR count). The summed E-state index contributed by atoms with van der Waals surface area (Å²) in [6, 6.07) is 0.121. The molecule has 5 heteroatoms. The van der Waals surface area contributed by atoms with Crippen LogP contribution in [0, 0.1) is 5.92 Å². The Hall–Kier alpha value is -0.130. The molecule has 0 radical (unpaired) electrons. The summed E-state index contributed by atoms with van der Waals surface area (Å²) >= 11 is 0. The Kier molecular flexibility index (Phi) is 9.68. The van der Waals surface area contributed by atoms with Crippen LogP contribution in [0.15, 0.2) is 0 Å². The molecule has 4 nitrogen and oxygen atoms in total. The van der Waals surface area contributed by atoms with Gasteiger partial charge in [-0.05, 0) is 38.6 Å². The molecule has 0 bridgehead atoms. The number of sulfonamides is 1. The van der Waals surface area contributed by atoms with Crippen LogP contribution < -0.4 is 5.32 Å². The average Bonchev–Trinajstić information content (AvgIpc) is 2.38. The van der Waals surface area contributed by atoms with Crippen LogP contribution >= 0.6 is 0 Å². The van der Waals surface area contributed by atoms with Crippen molar-refractivity contribution in [3.8, 4) is 0 Å². The molecular weight excluding hydrogens is 272 g/mol. The second kappa shape index (κ2) is 9.74. The summed E-state index contributed by atoms with van der Waals surface area (Å²) < 4.78 is 27.4. The van der Waals surface area contributed by atoms with E-state index in [2.05, 4.69) is 39.9 Å². The van der Waals surface area contributed by atoms with E-state index in [0.717, 1.165) is 25.8 Å². The molecule has 0 aliphatic heterocycles. The highest BCUT2D eigenvalue weighted by Gasteiger charge is 2.32. The Labute approximate surface area is 126 Å². The van der Waals surface area contributed by atoms with Gasteiger partial charge in [0.15, 0.2) is 0 Å². The van der Waals surface area contributed by atoms with E-state index in [1.54, 1.807) is 4.31 Å². The first-order chi connectivity index (χ1) is 9.31. The first-order valence-electron chi connectivity index (χ1n) is 8.02. The van der Waals surface area contributed by atoms with E-state index in [4.69, 9.17) is 0 Å². The van der Waals surface area contributed by atoms with E-state index >= 15 is 0 Å². The zero-order valence-corrected chi connectivity index (χ0v) is 15.0. The monoisotopic (exact) mass is 306 g/mol. The van der Waals surface area contributed by atoms with E-state index in [-0.39, 0.29) is 11.3 Å². The van der Waals surface area contributed by atoms with Gasteiger partial charge in [-0.15, -0.1) is 0 Å². The Morgan fingerprint density at radius 1 is 1.05 bits per heavy atom. The molecule has 1 atom stereocenters. The van der Waals surface area contributed by atoms with E-state index in [1.807, 2.05) is 6.92 Å². The Morgan fingerprint density at radius 3 is 2.00 bits per heavy atom. The molecule has 122 valence electrons. The van der Waals surface area contributed by atoms with Crippen molar-refractivity contribution in [3.63, 3.8) is 0 Å². The maximum Gasteiger partial charge on any atom is 0.218 e. The van der Waals surface area contributed by atoms with Gasteiger partial charge in [0.25, 0.3) is 0 Å². The van der Waals surface area contributed by atoms with Crippen LogP contribution in [0.2, 0.25) is 0 Å². The predicted molar refractivity (Wildman–Crippen MR) is 87.5 cm³/mol. The summed E-state index contributed by atoms with van der Waals surface area (Å²) in [7, 11) is -3.23. The lowest BCUT2D eigenvalue weighted by Crippen LogP contribution is -2.48. The van der Waals surface area contributed by atoms with Gasteiger partial charge in [-0.1, -0.05) is 34.6 Å². The van der Waals surface area contributed by atoms with Crippen molar-refractivity contribution < 1.29 is 8.42 Å². The second-order valence-corrected chi connectivity index (χ2v) is 8.30. The van der Waals surface area contributed by atoms with Crippen molar-refractivity contribution in [1.29, 1.82) is 0 Å². The number of hydrogen-bond donors (Lipinski definition) is 1. The van der Waals surface area contributed by atoms with Gasteiger partial charge in [0, 0.05) is 19.1 Å². The fourth-order valence-corrected chi connectivity index (χ4v) is 4.35. The highest BCUT2D eigenvalue weighted by Crippen LogP contribution is 2.19. The predicted octanol–water partition coefficient (Wildman–Crippen LogP) is 2.85. The minimum atomic E-state index is -3.23. The normalized spacial score (nSPS) is 14.4. The van der Waals surface area contributed by atoms with Gasteiger partial charge in [0.05, 0.1) is 5.25 Å². The molecule has 0 saturated heterocycles. The lowest BCUT2D eigenvalue weighted by atomic mass is 10.1. The van der Waals surface area contributed by atoms with Crippen molar-refractivity contribution in [2.24, 2.45) is 5.92 Å². The fourth-order valence-electron chi connectivity index (χ4n) is 2.34. The minimum Gasteiger partial charge on any atom is -0.315 e. The van der Waals surface area contributed by atoms with Crippen molar-refractivity contribution in [1.82, 2.24) is 9.62 Å². The number of hydrogen-bond acceptors (Lipinski definition) is 3. The van der Waals surface area contributed by atoms with Crippen LogP contribution in [0.1, 0.15) is 60.8 Å². The zero-order valence-electron chi connectivity index (χ0n) is 14.1. The molecule has 0 aromatic rings. The maximum absolute atomic E-state index is 12.8. The van der Waals surface area contributed by atoms with Gasteiger partial charge >= 0.3 is 0 Å². The highest BCUT2D eigenvalue weighted by molar-refractivity contribution is 7.89. The van der Waals surface area contributed by atoms with Gasteiger partial charge in [-0.25, -0.2) is 8.42 Å². The standard InChI is InChI=1S/C15H34N2O2S/c1-7-10-16-11-14(6)20(18,19)17(12-13(4)5)15(8-2)9-3/h13-16H,7-12H2,1-6H3. The Balaban J connectivity index is 5.01. The molecular formula is C15H34N2O2S. The van der Waals surface area contributed by atoms with Crippen molar-refractivity contribution in [2.75, 3.05) is 19.6 Å². The van der Waals surface area contributed by atoms with Gasteiger partial charge in [0.1, 0.15) is 0 Å². The van der Waals surface area contributed by atoms with Crippen LogP contribution in [0.4, 0.5) is 0 Å². The third-order valence-corrected chi connectivity index (χ3v) is 5.87. The molecule has 20 heavy (non-hydrogen) atoms. The molecule has 0 aromatic carbocycles. The van der Waals surface area contributed by atoms with E-state index in [1.165, 1.54) is 0 Å². The topological polar surface area (TPSA) is 49.4 Å². The first kappa shape index (κ1) is 19.9. The van der Waals surface area contributed by atoms with E-state index in [0.29, 0.717) is 19.0 Å². The van der Waals surface area contributed by atoms with Gasteiger partial charge < -0.3 is 5.32 Å². The summed E-state index contributed by atoms with van der Waals surface area (Å²) in [5.74, 6) is 0.348. The van der Waals surface area contributed by atoms with Gasteiger partial charge in [-0.3, -0.25) is 0 Å². The fraction of sp³-hybridized carbons (Fsp3) is 1.00. The molecule has 0 aromatic heterocycles. The smallest absolute Gasteiger partial charge is 0.218 e. The average molecular weight is 307 g/mol. The quantitative estimate of drug-likeness (QED) is 0.597. The lowest BCUT2D eigenvalue weighted by Gasteiger charge is -2.33. The molecule has 0 aliphatic carbocycles. The summed E-state index contributed by atoms with van der Waals surface area (Å²) in [4.78, 5) is 0. The summed E-state index contributed by atoms with van der Waals surface area (Å²) in [6.07, 6.45) is 2.77. The van der Waals surface area contributed by atoms with Crippen molar-refractivity contribution in [2.45, 2.75) is 72.1 Å². The molecule has 0 heterocycles. The van der Waals surface area contributed by atoms with Gasteiger partial charge in [0.2, 0.25) is 10.0 Å². The lowest BCUT2D eigenvalue weighted by molar-refractivity contribution is 0.274. The van der Waals surface area contributed by atoms with E-state index in [9.17, 15) is 8.42 Å². The van der Waals surface area contributed by atoms with Crippen LogP contribution in [-0.4, -0.2) is 43.6 Å². The Morgan fingerprint density at radius 2 is 1.60 bits per heavy atom. The molecule has 0 fully saturated rings. The Bertz CT molecular complexity index is 338. The van der Waals surface area contributed by atoms with E-state index < -0.39 is 10.0 Å². The second-order valence-electron chi connectivity index (χ2n) is 5.99.